The van der Waals surface area contributed by atoms with Crippen LogP contribution in [-0.2, 0) is 0 Å². The third-order valence-electron chi connectivity index (χ3n) is 8.01. The maximum atomic E-state index is 12.8. The summed E-state index contributed by atoms with van der Waals surface area (Å²) < 4.78 is 42.7. The lowest BCUT2D eigenvalue weighted by molar-refractivity contribution is -0.274. The molecule has 0 aliphatic carbocycles. The maximum absolute atomic E-state index is 12.8. The van der Waals surface area contributed by atoms with Crippen LogP contribution in [0.1, 0.15) is 68.6 Å². The van der Waals surface area contributed by atoms with Crippen LogP contribution in [0.4, 0.5) is 23.7 Å². The summed E-state index contributed by atoms with van der Waals surface area (Å²) in [5.41, 5.74) is 6.22. The van der Waals surface area contributed by atoms with Crippen LogP contribution < -0.4 is 15.0 Å². The lowest BCUT2D eigenvalue weighted by Gasteiger charge is -2.32. The third-order valence-corrected chi connectivity index (χ3v) is 9.07. The average molecular weight is 665 g/mol. The fraction of sp³-hybridized carbons (Fsp3) is 0.371. The first-order chi connectivity index (χ1) is 22.5. The third kappa shape index (κ3) is 8.94. The maximum Gasteiger partial charge on any atom is 0.573 e. The van der Waals surface area contributed by atoms with E-state index in [1.807, 2.05) is 24.3 Å². The zero-order chi connectivity index (χ0) is 33.6. The van der Waals surface area contributed by atoms with Gasteiger partial charge in [0.25, 0.3) is 0 Å². The molecular formula is C35H39F3N6O2S. The number of benzene rings is 3. The molecule has 0 bridgehead atoms. The van der Waals surface area contributed by atoms with Gasteiger partial charge < -0.3 is 15.0 Å². The number of carbonyl (C=O) groups excluding carboxylic acids is 1. The van der Waals surface area contributed by atoms with Crippen molar-refractivity contribution < 1.29 is 22.7 Å². The number of hydrogen-bond acceptors (Lipinski definition) is 5. The van der Waals surface area contributed by atoms with Crippen LogP contribution in [0.5, 0.6) is 5.75 Å². The van der Waals surface area contributed by atoms with Crippen LogP contribution >= 0.6 is 11.8 Å². The van der Waals surface area contributed by atoms with Crippen LogP contribution in [0.2, 0.25) is 0 Å². The second kappa shape index (κ2) is 15.1. The van der Waals surface area contributed by atoms with Gasteiger partial charge in [-0.15, -0.1) is 18.3 Å². The molecule has 1 N–H and O–H groups in total. The van der Waals surface area contributed by atoms with E-state index >= 15 is 0 Å². The number of thioether (sulfide) groups is 1. The number of ether oxygens (including phenoxy) is 1. The minimum absolute atomic E-state index is 0.274. The Morgan fingerprint density at radius 1 is 1.06 bits per heavy atom. The van der Waals surface area contributed by atoms with E-state index in [4.69, 9.17) is 0 Å². The highest BCUT2D eigenvalue weighted by molar-refractivity contribution is 8.14. The molecule has 2 heterocycles. The van der Waals surface area contributed by atoms with Crippen molar-refractivity contribution in [2.24, 2.45) is 4.99 Å². The number of rotatable bonds is 10. The molecule has 1 atom stereocenters. The summed E-state index contributed by atoms with van der Waals surface area (Å²) in [6, 6.07) is 19.4. The minimum atomic E-state index is -4.74. The van der Waals surface area contributed by atoms with Gasteiger partial charge in [-0.25, -0.2) is 14.5 Å². The number of nitrogens with one attached hydrogen (secondary N) is 1. The number of anilines is 1. The van der Waals surface area contributed by atoms with Gasteiger partial charge in [0.2, 0.25) is 0 Å². The van der Waals surface area contributed by atoms with Gasteiger partial charge in [-0.1, -0.05) is 68.9 Å². The predicted molar refractivity (Wildman–Crippen MR) is 182 cm³/mol. The van der Waals surface area contributed by atoms with E-state index in [9.17, 15) is 18.0 Å². The van der Waals surface area contributed by atoms with Gasteiger partial charge in [-0.3, -0.25) is 0 Å². The van der Waals surface area contributed by atoms with E-state index in [2.05, 4.69) is 75.9 Å². The second-order valence-electron chi connectivity index (χ2n) is 11.9. The van der Waals surface area contributed by atoms with Crippen molar-refractivity contribution in [1.29, 1.82) is 0 Å². The van der Waals surface area contributed by atoms with Crippen LogP contribution in [0.3, 0.4) is 0 Å². The molecule has 47 heavy (non-hydrogen) atoms. The van der Waals surface area contributed by atoms with Crippen molar-refractivity contribution >= 4 is 28.6 Å². The zero-order valence-corrected chi connectivity index (χ0v) is 27.7. The molecule has 1 saturated heterocycles. The van der Waals surface area contributed by atoms with Gasteiger partial charge in [0.1, 0.15) is 12.1 Å². The van der Waals surface area contributed by atoms with Crippen molar-refractivity contribution in [2.45, 2.75) is 65.2 Å². The quantitative estimate of drug-likeness (QED) is 0.171. The van der Waals surface area contributed by atoms with Crippen molar-refractivity contribution in [3.8, 4) is 22.8 Å². The number of amides is 2. The fourth-order valence-corrected chi connectivity index (χ4v) is 6.65. The standard InChI is InChI=1S/C35H39F3N6O2S/c1-23(2)31-25(4)8-5-10-30(31)43-20-7-21-47-34(43)41-33(45)39-19-6-9-24(3)26-11-13-27(14-12-26)32-40-22-44(42-32)28-15-17-29(18-16-28)46-35(36,37)38/h5,8,10-18,22-24H,6-7,9,19-21H2,1-4H3,(H,39,45). The molecule has 1 aliphatic rings. The fourth-order valence-electron chi connectivity index (χ4n) is 5.71. The predicted octanol–water partition coefficient (Wildman–Crippen LogP) is 8.86. The Hall–Kier alpha value is -4.32. The smallest absolute Gasteiger partial charge is 0.406 e. The van der Waals surface area contributed by atoms with Crippen molar-refractivity contribution in [1.82, 2.24) is 20.1 Å². The Bertz CT molecular complexity index is 1690. The number of aromatic nitrogens is 3. The topological polar surface area (TPSA) is 84.6 Å². The van der Waals surface area contributed by atoms with Gasteiger partial charge in [0, 0.05) is 30.1 Å². The highest BCUT2D eigenvalue weighted by Gasteiger charge is 2.31. The molecular weight excluding hydrogens is 625 g/mol. The number of alkyl halides is 3. The Kier molecular flexibility index (Phi) is 10.9. The number of hydrogen-bond donors (Lipinski definition) is 1. The van der Waals surface area contributed by atoms with Crippen molar-refractivity contribution in [3.63, 3.8) is 0 Å². The first kappa shape index (κ1) is 34.0. The largest absolute Gasteiger partial charge is 0.573 e. The summed E-state index contributed by atoms with van der Waals surface area (Å²) in [4.78, 5) is 23.8. The van der Waals surface area contributed by atoms with Crippen LogP contribution in [0.25, 0.3) is 17.1 Å². The van der Waals surface area contributed by atoms with E-state index in [0.717, 1.165) is 53.5 Å². The van der Waals surface area contributed by atoms with Crippen LogP contribution in [-0.4, -0.2) is 51.2 Å². The molecule has 1 fully saturated rings. The first-order valence-electron chi connectivity index (χ1n) is 15.7. The summed E-state index contributed by atoms with van der Waals surface area (Å²) in [7, 11) is 0. The van der Waals surface area contributed by atoms with E-state index in [1.54, 1.807) is 11.8 Å². The molecule has 1 unspecified atom stereocenters. The molecule has 12 heteroatoms. The summed E-state index contributed by atoms with van der Waals surface area (Å²) in [5, 5.41) is 8.20. The summed E-state index contributed by atoms with van der Waals surface area (Å²) in [5.74, 6) is 1.78. The molecule has 4 aromatic rings. The van der Waals surface area contributed by atoms with Crippen LogP contribution in [0.15, 0.2) is 78.0 Å². The average Bonchev–Trinajstić information content (AvgIpc) is 3.53. The van der Waals surface area contributed by atoms with Crippen molar-refractivity contribution in [2.75, 3.05) is 23.7 Å². The Balaban J connectivity index is 1.12. The van der Waals surface area contributed by atoms with Crippen molar-refractivity contribution in [3.05, 3.63) is 89.7 Å². The molecule has 5 rings (SSSR count). The van der Waals surface area contributed by atoms with Gasteiger partial charge in [-0.2, -0.15) is 4.99 Å². The molecule has 8 nitrogen and oxygen atoms in total. The van der Waals surface area contributed by atoms with Gasteiger partial charge >= 0.3 is 12.4 Å². The minimum Gasteiger partial charge on any atom is -0.406 e. The molecule has 1 aromatic heterocycles. The highest BCUT2D eigenvalue weighted by Crippen LogP contribution is 2.34. The summed E-state index contributed by atoms with van der Waals surface area (Å²) in [6.07, 6.45) is -0.491. The lowest BCUT2D eigenvalue weighted by atomic mass is 9.95. The van der Waals surface area contributed by atoms with E-state index in [1.165, 1.54) is 46.4 Å². The lowest BCUT2D eigenvalue weighted by Crippen LogP contribution is -2.36. The molecule has 1 aliphatic heterocycles. The molecule has 0 spiro atoms. The number of halogens is 3. The number of aliphatic imine (C=N–C) groups is 1. The van der Waals surface area contributed by atoms with E-state index in [0.29, 0.717) is 24.0 Å². The molecule has 0 saturated carbocycles. The van der Waals surface area contributed by atoms with Gasteiger partial charge in [0.15, 0.2) is 11.0 Å². The van der Waals surface area contributed by atoms with Gasteiger partial charge in [-0.05, 0) is 85.0 Å². The summed E-state index contributed by atoms with van der Waals surface area (Å²) >= 11 is 1.63. The highest BCUT2D eigenvalue weighted by atomic mass is 32.2. The van der Waals surface area contributed by atoms with Crippen LogP contribution in [0, 0.1) is 6.92 Å². The molecule has 0 radical (unpaired) electrons. The Morgan fingerprint density at radius 3 is 2.51 bits per heavy atom. The van der Waals surface area contributed by atoms with Gasteiger partial charge in [0.05, 0.1) is 5.69 Å². The Labute approximate surface area is 277 Å². The van der Waals surface area contributed by atoms with E-state index < -0.39 is 6.36 Å². The number of carbonyl (C=O) groups is 1. The molecule has 3 aromatic carbocycles. The second-order valence-corrected chi connectivity index (χ2v) is 12.9. The Morgan fingerprint density at radius 2 is 1.81 bits per heavy atom. The zero-order valence-electron chi connectivity index (χ0n) is 26.9. The number of urea groups is 1. The molecule has 2 amide bonds. The normalized spacial score (nSPS) is 15.2. The van der Waals surface area contributed by atoms with E-state index in [-0.39, 0.29) is 17.7 Å². The SMILES string of the molecule is Cc1cccc(N2CCCSC2=NC(=O)NCCCC(C)c2ccc(-c3ncn(-c4ccc(OC(F)(F)F)cc4)n3)cc2)c1C(C)C. The first-order valence-corrected chi connectivity index (χ1v) is 16.7. The summed E-state index contributed by atoms with van der Waals surface area (Å²) in [6.45, 7) is 10.1. The number of aryl methyl sites for hydroxylation is 1. The number of nitrogens with zero attached hydrogens (tertiary/aromatic N) is 5. The number of amidine groups is 1. The monoisotopic (exact) mass is 664 g/mol. The molecule has 248 valence electrons.